The molecular formula is C77H134O5. The normalized spacial score (nSPS) is 12.9. The molecule has 0 fully saturated rings. The molecule has 1 atom stereocenters. The van der Waals surface area contributed by atoms with Gasteiger partial charge in [-0.1, -0.05) is 348 Å². The van der Waals surface area contributed by atoms with Crippen molar-refractivity contribution in [2.75, 3.05) is 13.2 Å². The van der Waals surface area contributed by atoms with Gasteiger partial charge in [-0.2, -0.15) is 0 Å². The number of aliphatic hydroxyl groups is 1. The van der Waals surface area contributed by atoms with E-state index < -0.39 is 6.10 Å². The van der Waals surface area contributed by atoms with E-state index in [2.05, 4.69) is 123 Å². The van der Waals surface area contributed by atoms with Crippen LogP contribution >= 0.6 is 0 Å². The minimum absolute atomic E-state index is 0.0645. The minimum atomic E-state index is -0.775. The van der Waals surface area contributed by atoms with Gasteiger partial charge in [-0.3, -0.25) is 9.59 Å². The Morgan fingerprint density at radius 3 is 0.732 bits per heavy atom. The molecule has 0 aromatic carbocycles. The number of hydrogen-bond donors (Lipinski definition) is 1. The molecule has 0 heterocycles. The molecule has 0 aliphatic rings. The molecule has 0 amide bonds. The van der Waals surface area contributed by atoms with Crippen LogP contribution in [0.15, 0.2) is 109 Å². The molecule has 0 spiro atoms. The number of carbonyl (C=O) groups is 2. The van der Waals surface area contributed by atoms with Crippen molar-refractivity contribution in [2.24, 2.45) is 0 Å². The molecule has 0 radical (unpaired) electrons. The number of carbonyl (C=O) groups excluding carboxylic acids is 2. The summed E-state index contributed by atoms with van der Waals surface area (Å²) >= 11 is 0. The quantitative estimate of drug-likeness (QED) is 0.0373. The molecular weight excluding hydrogens is 1000 g/mol. The standard InChI is InChI=1S/C77H134O5/c1-3-5-7-9-11-13-15-17-19-21-23-25-27-29-31-33-35-36-37-38-39-40-42-44-46-48-50-52-54-56-58-60-62-64-66-68-70-72-77(80)82-75(73-78)74-81-76(79)71-69-67-65-63-61-59-57-55-53-51-49-47-45-43-41-34-32-30-28-26-24-22-20-18-16-14-12-10-8-6-4-2/h5-8,11-14,17-20,23-26,29,31,75,78H,3-4,9-10,15-16,21-22,27-28,30,32-74H2,1-2H3/b7-5-,8-6-,13-11-,14-12-,19-17-,20-18-,25-23-,26-24-,31-29-. The van der Waals surface area contributed by atoms with Crippen molar-refractivity contribution in [3.8, 4) is 0 Å². The molecule has 1 N–H and O–H groups in total. The summed E-state index contributed by atoms with van der Waals surface area (Å²) in [7, 11) is 0. The van der Waals surface area contributed by atoms with E-state index in [4.69, 9.17) is 9.47 Å². The number of unbranched alkanes of at least 4 members (excludes halogenated alkanes) is 39. The van der Waals surface area contributed by atoms with Crippen LogP contribution in [0.3, 0.4) is 0 Å². The van der Waals surface area contributed by atoms with Gasteiger partial charge in [0.2, 0.25) is 0 Å². The summed E-state index contributed by atoms with van der Waals surface area (Å²) in [5.74, 6) is -0.575. The van der Waals surface area contributed by atoms with Gasteiger partial charge < -0.3 is 14.6 Å². The van der Waals surface area contributed by atoms with Crippen LogP contribution in [0.2, 0.25) is 0 Å². The predicted molar refractivity (Wildman–Crippen MR) is 362 cm³/mol. The smallest absolute Gasteiger partial charge is 0.306 e. The maximum atomic E-state index is 12.4. The number of ether oxygens (including phenoxy) is 2. The Bertz CT molecular complexity index is 1570. The number of rotatable bonds is 65. The first-order valence-corrected chi connectivity index (χ1v) is 35.4. The average Bonchev–Trinajstić information content (AvgIpc) is 3.49. The molecule has 5 nitrogen and oxygen atoms in total. The number of aliphatic hydroxyl groups excluding tert-OH is 1. The highest BCUT2D eigenvalue weighted by Gasteiger charge is 2.16. The van der Waals surface area contributed by atoms with Gasteiger partial charge in [0.1, 0.15) is 6.61 Å². The summed E-state index contributed by atoms with van der Waals surface area (Å²) in [4.78, 5) is 24.7. The van der Waals surface area contributed by atoms with Gasteiger partial charge in [0.25, 0.3) is 0 Å². The van der Waals surface area contributed by atoms with Crippen molar-refractivity contribution < 1.29 is 24.2 Å². The van der Waals surface area contributed by atoms with E-state index >= 15 is 0 Å². The van der Waals surface area contributed by atoms with Gasteiger partial charge in [0, 0.05) is 12.8 Å². The van der Waals surface area contributed by atoms with Gasteiger partial charge in [-0.05, 0) is 96.3 Å². The van der Waals surface area contributed by atoms with Gasteiger partial charge >= 0.3 is 11.9 Å². The Morgan fingerprint density at radius 1 is 0.280 bits per heavy atom. The number of esters is 2. The molecule has 82 heavy (non-hydrogen) atoms. The third-order valence-electron chi connectivity index (χ3n) is 15.6. The van der Waals surface area contributed by atoms with Crippen molar-refractivity contribution in [2.45, 2.75) is 354 Å². The Balaban J connectivity index is 3.42. The summed E-state index contributed by atoms with van der Waals surface area (Å²) in [5, 5.41) is 9.71. The van der Waals surface area contributed by atoms with Crippen LogP contribution in [0.1, 0.15) is 348 Å². The van der Waals surface area contributed by atoms with Crippen LogP contribution in [0.25, 0.3) is 0 Å². The van der Waals surface area contributed by atoms with E-state index in [0.717, 1.165) is 96.3 Å². The second-order valence-corrected chi connectivity index (χ2v) is 23.6. The fourth-order valence-corrected chi connectivity index (χ4v) is 10.3. The Morgan fingerprint density at radius 2 is 0.488 bits per heavy atom. The zero-order valence-corrected chi connectivity index (χ0v) is 54.2. The lowest BCUT2D eigenvalue weighted by Crippen LogP contribution is -2.28. The topological polar surface area (TPSA) is 72.8 Å². The maximum Gasteiger partial charge on any atom is 0.306 e. The van der Waals surface area contributed by atoms with Crippen LogP contribution in [0.5, 0.6) is 0 Å². The second-order valence-electron chi connectivity index (χ2n) is 23.6. The molecule has 0 bridgehead atoms. The largest absolute Gasteiger partial charge is 0.462 e. The Kier molecular flexibility index (Phi) is 68.8. The molecule has 0 saturated heterocycles. The van der Waals surface area contributed by atoms with Crippen molar-refractivity contribution in [1.29, 1.82) is 0 Å². The van der Waals surface area contributed by atoms with Crippen LogP contribution in [0.4, 0.5) is 0 Å². The molecule has 0 aromatic rings. The highest BCUT2D eigenvalue weighted by Crippen LogP contribution is 2.18. The summed E-state index contributed by atoms with van der Waals surface area (Å²) in [6.07, 6.45) is 104. The van der Waals surface area contributed by atoms with Gasteiger partial charge in [-0.25, -0.2) is 0 Å². The summed E-state index contributed by atoms with van der Waals surface area (Å²) < 4.78 is 10.8. The summed E-state index contributed by atoms with van der Waals surface area (Å²) in [5.41, 5.74) is 0. The first kappa shape index (κ1) is 78.6. The highest BCUT2D eigenvalue weighted by molar-refractivity contribution is 5.70. The lowest BCUT2D eigenvalue weighted by Gasteiger charge is -2.15. The van der Waals surface area contributed by atoms with E-state index in [1.807, 2.05) is 0 Å². The van der Waals surface area contributed by atoms with Gasteiger partial charge in [0.15, 0.2) is 6.10 Å². The summed E-state index contributed by atoms with van der Waals surface area (Å²) in [6, 6.07) is 0. The van der Waals surface area contributed by atoms with Gasteiger partial charge in [0.05, 0.1) is 6.61 Å². The zero-order chi connectivity index (χ0) is 59.1. The molecule has 0 saturated carbocycles. The van der Waals surface area contributed by atoms with Crippen LogP contribution in [-0.4, -0.2) is 36.4 Å². The highest BCUT2D eigenvalue weighted by atomic mass is 16.6. The third kappa shape index (κ3) is 69.1. The van der Waals surface area contributed by atoms with E-state index in [0.29, 0.717) is 12.8 Å². The number of allylic oxidation sites excluding steroid dienone is 18. The Labute approximate surface area is 510 Å². The molecule has 0 rings (SSSR count). The SMILES string of the molecule is CC/C=C\C/C=C\C/C=C\C/C=C\C/C=C\CCCCCCCCCCCCCCCCCCCCCCCC(=O)OC(CO)COC(=O)CCCCCCCCCCCCCCCCCCCC/C=C\C/C=C\C/C=C\C/C=C\CC. The summed E-state index contributed by atoms with van der Waals surface area (Å²) in [6.45, 7) is 3.95. The monoisotopic (exact) mass is 1140 g/mol. The average molecular weight is 1140 g/mol. The van der Waals surface area contributed by atoms with E-state index in [1.54, 1.807) is 0 Å². The van der Waals surface area contributed by atoms with Crippen LogP contribution in [0, 0.1) is 0 Å². The fraction of sp³-hybridized carbons (Fsp3) is 0.740. The second kappa shape index (κ2) is 71.8. The lowest BCUT2D eigenvalue weighted by molar-refractivity contribution is -0.161. The fourth-order valence-electron chi connectivity index (χ4n) is 10.3. The zero-order valence-electron chi connectivity index (χ0n) is 54.2. The first-order chi connectivity index (χ1) is 40.6. The van der Waals surface area contributed by atoms with Crippen LogP contribution < -0.4 is 0 Å². The van der Waals surface area contributed by atoms with Gasteiger partial charge in [-0.15, -0.1) is 0 Å². The van der Waals surface area contributed by atoms with E-state index in [1.165, 1.54) is 225 Å². The van der Waals surface area contributed by atoms with E-state index in [9.17, 15) is 14.7 Å². The molecule has 0 aliphatic heterocycles. The molecule has 0 aliphatic carbocycles. The van der Waals surface area contributed by atoms with E-state index in [-0.39, 0.29) is 25.2 Å². The van der Waals surface area contributed by atoms with Crippen molar-refractivity contribution >= 4 is 11.9 Å². The number of hydrogen-bond acceptors (Lipinski definition) is 5. The first-order valence-electron chi connectivity index (χ1n) is 35.4. The lowest BCUT2D eigenvalue weighted by atomic mass is 10.0. The molecule has 5 heteroatoms. The molecule has 0 aromatic heterocycles. The van der Waals surface area contributed by atoms with Crippen molar-refractivity contribution in [3.63, 3.8) is 0 Å². The minimum Gasteiger partial charge on any atom is -0.462 e. The van der Waals surface area contributed by atoms with Crippen molar-refractivity contribution in [3.05, 3.63) is 109 Å². The van der Waals surface area contributed by atoms with Crippen molar-refractivity contribution in [1.82, 2.24) is 0 Å². The maximum absolute atomic E-state index is 12.4. The molecule has 472 valence electrons. The van der Waals surface area contributed by atoms with Crippen LogP contribution in [-0.2, 0) is 19.1 Å². The Hall–Kier alpha value is -3.44. The third-order valence-corrected chi connectivity index (χ3v) is 15.6. The molecule has 1 unspecified atom stereocenters. The predicted octanol–water partition coefficient (Wildman–Crippen LogP) is 24.8.